The van der Waals surface area contributed by atoms with E-state index in [1.807, 2.05) is 18.2 Å². The number of furan rings is 1. The zero-order valence-electron chi connectivity index (χ0n) is 10.4. The smallest absolute Gasteiger partial charge is 0.174 e. The Bertz CT molecular complexity index is 556. The van der Waals surface area contributed by atoms with Crippen molar-refractivity contribution in [2.45, 2.75) is 19.4 Å². The van der Waals surface area contributed by atoms with E-state index < -0.39 is 0 Å². The average Bonchev–Trinajstić information content (AvgIpc) is 2.81. The first-order valence-electron chi connectivity index (χ1n) is 6.05. The maximum atomic E-state index is 6.32. The Morgan fingerprint density at radius 3 is 2.68 bits per heavy atom. The molecule has 0 aliphatic heterocycles. The van der Waals surface area contributed by atoms with Crippen LogP contribution in [0.25, 0.3) is 0 Å². The van der Waals surface area contributed by atoms with Gasteiger partial charge in [-0.2, -0.15) is 0 Å². The van der Waals surface area contributed by atoms with Crippen LogP contribution in [-0.4, -0.2) is 6.54 Å². The molecule has 0 spiro atoms. The molecule has 2 rings (SSSR count). The second-order valence-electron chi connectivity index (χ2n) is 4.18. The molecule has 0 bridgehead atoms. The molecule has 1 unspecified atom stereocenters. The minimum absolute atomic E-state index is 0.0423. The molecule has 0 saturated heterocycles. The summed E-state index contributed by atoms with van der Waals surface area (Å²) < 4.78 is 6.02. The van der Waals surface area contributed by atoms with Crippen molar-refractivity contribution < 1.29 is 4.42 Å². The van der Waals surface area contributed by atoms with Gasteiger partial charge in [0, 0.05) is 5.56 Å². The SMILES string of the molecule is CCCNC(c1ccoc1Br)c1cccc(Cl)c1Cl. The van der Waals surface area contributed by atoms with Gasteiger partial charge in [0.2, 0.25) is 0 Å². The maximum Gasteiger partial charge on any atom is 0.174 e. The quantitative estimate of drug-likeness (QED) is 0.766. The summed E-state index contributed by atoms with van der Waals surface area (Å²) in [4.78, 5) is 0. The number of hydrogen-bond acceptors (Lipinski definition) is 2. The Labute approximate surface area is 131 Å². The highest BCUT2D eigenvalue weighted by Gasteiger charge is 2.21. The summed E-state index contributed by atoms with van der Waals surface area (Å²) in [6.07, 6.45) is 2.68. The molecular weight excluding hydrogens is 349 g/mol. The molecule has 0 amide bonds. The van der Waals surface area contributed by atoms with Crippen molar-refractivity contribution in [3.8, 4) is 0 Å². The van der Waals surface area contributed by atoms with Gasteiger partial charge in [-0.05, 0) is 46.6 Å². The molecule has 1 N–H and O–H groups in total. The standard InChI is InChI=1S/C14H14BrCl2NO/c1-2-7-18-13(10-6-8-19-14(10)15)9-4-3-5-11(16)12(9)17/h3-6,8,13,18H,2,7H2,1H3. The lowest BCUT2D eigenvalue weighted by molar-refractivity contribution is 0.523. The van der Waals surface area contributed by atoms with Gasteiger partial charge >= 0.3 is 0 Å². The minimum Gasteiger partial charge on any atom is -0.457 e. The van der Waals surface area contributed by atoms with Crippen LogP contribution in [0.3, 0.4) is 0 Å². The highest BCUT2D eigenvalue weighted by molar-refractivity contribution is 9.10. The van der Waals surface area contributed by atoms with Gasteiger partial charge in [0.1, 0.15) is 0 Å². The predicted octanol–water partition coefficient (Wildman–Crippen LogP) is 5.44. The van der Waals surface area contributed by atoms with E-state index in [9.17, 15) is 0 Å². The van der Waals surface area contributed by atoms with E-state index in [0.717, 1.165) is 24.1 Å². The molecule has 0 radical (unpaired) electrons. The van der Waals surface area contributed by atoms with Crippen LogP contribution in [0.4, 0.5) is 0 Å². The summed E-state index contributed by atoms with van der Waals surface area (Å²) >= 11 is 15.8. The molecule has 5 heteroatoms. The summed E-state index contributed by atoms with van der Waals surface area (Å²) in [7, 11) is 0. The third kappa shape index (κ3) is 3.34. The van der Waals surface area contributed by atoms with Gasteiger partial charge in [-0.1, -0.05) is 42.3 Å². The zero-order chi connectivity index (χ0) is 13.8. The molecule has 0 saturated carbocycles. The molecule has 102 valence electrons. The molecule has 0 fully saturated rings. The molecule has 1 atom stereocenters. The lowest BCUT2D eigenvalue weighted by atomic mass is 10.0. The largest absolute Gasteiger partial charge is 0.457 e. The molecule has 0 aliphatic carbocycles. The van der Waals surface area contributed by atoms with Crippen LogP contribution in [0.1, 0.15) is 30.5 Å². The monoisotopic (exact) mass is 361 g/mol. The van der Waals surface area contributed by atoms with Crippen LogP contribution in [0.5, 0.6) is 0 Å². The van der Waals surface area contributed by atoms with Gasteiger partial charge in [-0.3, -0.25) is 0 Å². The number of halogens is 3. The van der Waals surface area contributed by atoms with Gasteiger partial charge in [0.25, 0.3) is 0 Å². The normalized spacial score (nSPS) is 12.6. The van der Waals surface area contributed by atoms with Crippen LogP contribution in [-0.2, 0) is 0 Å². The predicted molar refractivity (Wildman–Crippen MR) is 83.0 cm³/mol. The van der Waals surface area contributed by atoms with Crippen LogP contribution in [0, 0.1) is 0 Å². The summed E-state index contributed by atoms with van der Waals surface area (Å²) in [5.74, 6) is 0. The van der Waals surface area contributed by atoms with Crippen molar-refractivity contribution in [2.24, 2.45) is 0 Å². The fourth-order valence-corrected chi connectivity index (χ4v) is 2.82. The number of rotatable bonds is 5. The maximum absolute atomic E-state index is 6.32. The van der Waals surface area contributed by atoms with Crippen molar-refractivity contribution in [1.82, 2.24) is 5.32 Å². The topological polar surface area (TPSA) is 25.2 Å². The summed E-state index contributed by atoms with van der Waals surface area (Å²) in [6, 6.07) is 7.54. The van der Waals surface area contributed by atoms with Gasteiger partial charge in [0.05, 0.1) is 22.4 Å². The van der Waals surface area contributed by atoms with Crippen molar-refractivity contribution in [3.63, 3.8) is 0 Å². The van der Waals surface area contributed by atoms with Gasteiger partial charge < -0.3 is 9.73 Å². The second-order valence-corrected chi connectivity index (χ2v) is 5.69. The van der Waals surface area contributed by atoms with Gasteiger partial charge in [-0.25, -0.2) is 0 Å². The first-order valence-corrected chi connectivity index (χ1v) is 7.60. The second kappa shape index (κ2) is 6.80. The van der Waals surface area contributed by atoms with E-state index in [2.05, 4.69) is 28.2 Å². The fraction of sp³-hybridized carbons (Fsp3) is 0.286. The minimum atomic E-state index is -0.0423. The molecule has 0 aliphatic rings. The molecular formula is C14H14BrCl2NO. The third-order valence-corrected chi connectivity index (χ3v) is 4.33. The van der Waals surface area contributed by atoms with Crippen LogP contribution >= 0.6 is 39.1 Å². The lowest BCUT2D eigenvalue weighted by Crippen LogP contribution is -2.23. The third-order valence-electron chi connectivity index (χ3n) is 2.85. The van der Waals surface area contributed by atoms with Crippen molar-refractivity contribution in [2.75, 3.05) is 6.54 Å². The van der Waals surface area contributed by atoms with E-state index in [0.29, 0.717) is 14.7 Å². The Hall–Kier alpha value is -0.480. The fourth-order valence-electron chi connectivity index (χ4n) is 1.93. The Morgan fingerprint density at radius 1 is 1.26 bits per heavy atom. The van der Waals surface area contributed by atoms with Crippen molar-refractivity contribution >= 4 is 39.1 Å². The number of nitrogens with one attached hydrogen (secondary N) is 1. The van der Waals surface area contributed by atoms with Gasteiger partial charge in [0.15, 0.2) is 4.67 Å². The van der Waals surface area contributed by atoms with E-state index in [1.165, 1.54) is 0 Å². The van der Waals surface area contributed by atoms with E-state index in [-0.39, 0.29) is 6.04 Å². The molecule has 1 aromatic carbocycles. The van der Waals surface area contributed by atoms with Crippen molar-refractivity contribution in [3.05, 3.63) is 56.4 Å². The first-order chi connectivity index (χ1) is 9.15. The molecule has 2 nitrogen and oxygen atoms in total. The van der Waals surface area contributed by atoms with Crippen LogP contribution < -0.4 is 5.32 Å². The summed E-state index contributed by atoms with van der Waals surface area (Å²) in [5.41, 5.74) is 1.96. The molecule has 2 aromatic rings. The molecule has 1 aromatic heterocycles. The highest BCUT2D eigenvalue weighted by Crippen LogP contribution is 2.36. The van der Waals surface area contributed by atoms with Crippen LogP contribution in [0.15, 0.2) is 39.6 Å². The number of hydrogen-bond donors (Lipinski definition) is 1. The van der Waals surface area contributed by atoms with Crippen molar-refractivity contribution in [1.29, 1.82) is 0 Å². The van der Waals surface area contributed by atoms with E-state index in [4.69, 9.17) is 27.6 Å². The lowest BCUT2D eigenvalue weighted by Gasteiger charge is -2.20. The first kappa shape index (κ1) is 14.9. The zero-order valence-corrected chi connectivity index (χ0v) is 13.5. The van der Waals surface area contributed by atoms with Gasteiger partial charge in [-0.15, -0.1) is 0 Å². The van der Waals surface area contributed by atoms with E-state index >= 15 is 0 Å². The number of benzene rings is 1. The van der Waals surface area contributed by atoms with E-state index in [1.54, 1.807) is 12.3 Å². The highest BCUT2D eigenvalue weighted by atomic mass is 79.9. The molecule has 19 heavy (non-hydrogen) atoms. The molecule has 1 heterocycles. The Morgan fingerprint density at radius 2 is 2.05 bits per heavy atom. The summed E-state index contributed by atoms with van der Waals surface area (Å²) in [5, 5.41) is 4.60. The van der Waals surface area contributed by atoms with Crippen LogP contribution in [0.2, 0.25) is 10.0 Å². The Kier molecular flexibility index (Phi) is 5.34. The Balaban J connectivity index is 2.43. The average molecular weight is 363 g/mol. The summed E-state index contributed by atoms with van der Waals surface area (Å²) in [6.45, 7) is 3.00.